The highest BCUT2D eigenvalue weighted by Crippen LogP contribution is 2.26. The second kappa shape index (κ2) is 10.6. The third-order valence-corrected chi connectivity index (χ3v) is 5.82. The van der Waals surface area contributed by atoms with E-state index in [1.54, 1.807) is 0 Å². The largest absolute Gasteiger partial charge is 0.483 e. The first-order valence-corrected chi connectivity index (χ1v) is 10.9. The first kappa shape index (κ1) is 20.9. The van der Waals surface area contributed by atoms with Gasteiger partial charge in [0.15, 0.2) is 6.61 Å². The molecule has 1 N–H and O–H groups in total. The van der Waals surface area contributed by atoms with Gasteiger partial charge >= 0.3 is 0 Å². The third-order valence-electron chi connectivity index (χ3n) is 5.20. The van der Waals surface area contributed by atoms with Crippen LogP contribution in [0.2, 0.25) is 0 Å². The highest BCUT2D eigenvalue weighted by atomic mass is 79.9. The van der Waals surface area contributed by atoms with Gasteiger partial charge < -0.3 is 10.1 Å². The number of hydrogen-bond donors (Lipinski definition) is 1. The van der Waals surface area contributed by atoms with Gasteiger partial charge in [0.2, 0.25) is 0 Å². The van der Waals surface area contributed by atoms with Crippen LogP contribution in [0.5, 0.6) is 5.75 Å². The summed E-state index contributed by atoms with van der Waals surface area (Å²) >= 11 is 3.51. The van der Waals surface area contributed by atoms with Crippen molar-refractivity contribution in [2.45, 2.75) is 45.7 Å². The molecule has 1 aliphatic rings. The van der Waals surface area contributed by atoms with Crippen LogP contribution in [0.25, 0.3) is 0 Å². The molecule has 5 heteroatoms. The normalized spacial score (nSPS) is 14.6. The van der Waals surface area contributed by atoms with Crippen molar-refractivity contribution in [2.24, 2.45) is 0 Å². The number of carbonyl (C=O) groups is 1. The molecule has 28 heavy (non-hydrogen) atoms. The number of halogens is 1. The highest BCUT2D eigenvalue weighted by molar-refractivity contribution is 9.10. The minimum absolute atomic E-state index is 0.0123. The Balaban J connectivity index is 1.50. The maximum atomic E-state index is 12.3. The number of aryl methyl sites for hydroxylation is 1. The molecule has 0 aliphatic carbocycles. The molecule has 0 spiro atoms. The Labute approximate surface area is 176 Å². The van der Waals surface area contributed by atoms with Crippen LogP contribution < -0.4 is 10.1 Å². The number of piperidine rings is 1. The van der Waals surface area contributed by atoms with Crippen molar-refractivity contribution >= 4 is 21.8 Å². The van der Waals surface area contributed by atoms with E-state index >= 15 is 0 Å². The second-order valence-corrected chi connectivity index (χ2v) is 8.14. The molecule has 1 heterocycles. The van der Waals surface area contributed by atoms with Gasteiger partial charge in [-0.1, -0.05) is 43.7 Å². The predicted molar refractivity (Wildman–Crippen MR) is 116 cm³/mol. The Morgan fingerprint density at radius 1 is 1.11 bits per heavy atom. The molecule has 0 atom stereocenters. The summed E-state index contributed by atoms with van der Waals surface area (Å²) in [6.45, 7) is 5.94. The standard InChI is InChI=1S/C23H29BrN2O2/c1-2-18-10-11-22(21(24)14-18)28-17-23(27)25-15-19-8-4-5-9-20(19)16-26-12-6-3-7-13-26/h4-5,8-11,14H,2-3,6-7,12-13,15-17H2,1H3,(H,25,27). The van der Waals surface area contributed by atoms with E-state index in [2.05, 4.69) is 51.3 Å². The lowest BCUT2D eigenvalue weighted by atomic mass is 10.0. The zero-order chi connectivity index (χ0) is 19.8. The second-order valence-electron chi connectivity index (χ2n) is 7.29. The van der Waals surface area contributed by atoms with E-state index in [0.717, 1.165) is 17.4 Å². The van der Waals surface area contributed by atoms with Gasteiger partial charge in [-0.2, -0.15) is 0 Å². The van der Waals surface area contributed by atoms with E-state index in [0.29, 0.717) is 12.3 Å². The van der Waals surface area contributed by atoms with Crippen molar-refractivity contribution in [1.29, 1.82) is 0 Å². The zero-order valence-corrected chi connectivity index (χ0v) is 18.1. The Bertz CT molecular complexity index is 788. The van der Waals surface area contributed by atoms with Gasteiger partial charge in [-0.3, -0.25) is 9.69 Å². The monoisotopic (exact) mass is 444 g/mol. The van der Waals surface area contributed by atoms with Crippen LogP contribution in [0.3, 0.4) is 0 Å². The van der Waals surface area contributed by atoms with Crippen LogP contribution in [0.15, 0.2) is 46.9 Å². The van der Waals surface area contributed by atoms with Crippen molar-refractivity contribution in [1.82, 2.24) is 10.2 Å². The van der Waals surface area contributed by atoms with Gasteiger partial charge in [0.1, 0.15) is 5.75 Å². The van der Waals surface area contributed by atoms with Crippen LogP contribution in [0, 0.1) is 0 Å². The molecule has 1 aliphatic heterocycles. The summed E-state index contributed by atoms with van der Waals surface area (Å²) in [5, 5.41) is 2.99. The fourth-order valence-electron chi connectivity index (χ4n) is 3.51. The topological polar surface area (TPSA) is 41.6 Å². The van der Waals surface area contributed by atoms with Crippen LogP contribution in [-0.4, -0.2) is 30.5 Å². The molecule has 1 amide bonds. The maximum Gasteiger partial charge on any atom is 0.258 e. The molecule has 0 unspecified atom stereocenters. The molecule has 0 aromatic heterocycles. The first-order chi connectivity index (χ1) is 13.7. The predicted octanol–water partition coefficient (Wildman–Crippen LogP) is 4.69. The summed E-state index contributed by atoms with van der Waals surface area (Å²) in [6, 6.07) is 14.3. The number of benzene rings is 2. The molecular formula is C23H29BrN2O2. The molecule has 4 nitrogen and oxygen atoms in total. The van der Waals surface area contributed by atoms with Crippen molar-refractivity contribution in [3.8, 4) is 5.75 Å². The Morgan fingerprint density at radius 3 is 2.57 bits per heavy atom. The van der Waals surface area contributed by atoms with Crippen LogP contribution in [0.4, 0.5) is 0 Å². The summed E-state index contributed by atoms with van der Waals surface area (Å²) in [5.74, 6) is 0.581. The molecule has 1 saturated heterocycles. The van der Waals surface area contributed by atoms with Gasteiger partial charge in [-0.05, 0) is 77.1 Å². The molecule has 0 bridgehead atoms. The number of rotatable bonds is 8. The fraction of sp³-hybridized carbons (Fsp3) is 0.435. The molecule has 0 radical (unpaired) electrons. The Morgan fingerprint density at radius 2 is 1.86 bits per heavy atom. The third kappa shape index (κ3) is 6.08. The summed E-state index contributed by atoms with van der Waals surface area (Å²) in [5.41, 5.74) is 3.70. The SMILES string of the molecule is CCc1ccc(OCC(=O)NCc2ccccc2CN2CCCCC2)c(Br)c1. The number of hydrogen-bond acceptors (Lipinski definition) is 3. The van der Waals surface area contributed by atoms with Crippen LogP contribution >= 0.6 is 15.9 Å². The summed E-state index contributed by atoms with van der Waals surface area (Å²) in [6.07, 6.45) is 4.87. The van der Waals surface area contributed by atoms with Crippen LogP contribution in [-0.2, 0) is 24.3 Å². The van der Waals surface area contributed by atoms with Gasteiger partial charge in [-0.15, -0.1) is 0 Å². The quantitative estimate of drug-likeness (QED) is 0.641. The molecule has 2 aromatic rings. The zero-order valence-electron chi connectivity index (χ0n) is 16.5. The molecule has 150 valence electrons. The van der Waals surface area contributed by atoms with E-state index in [9.17, 15) is 4.79 Å². The number of carbonyl (C=O) groups excluding carboxylic acids is 1. The fourth-order valence-corrected chi connectivity index (χ4v) is 4.05. The average molecular weight is 445 g/mol. The van der Waals surface area contributed by atoms with Crippen molar-refractivity contribution < 1.29 is 9.53 Å². The minimum Gasteiger partial charge on any atom is -0.483 e. The maximum absolute atomic E-state index is 12.3. The molecular weight excluding hydrogens is 416 g/mol. The Kier molecular flexibility index (Phi) is 7.92. The van der Waals surface area contributed by atoms with Gasteiger partial charge in [0.25, 0.3) is 5.91 Å². The van der Waals surface area contributed by atoms with E-state index < -0.39 is 0 Å². The highest BCUT2D eigenvalue weighted by Gasteiger charge is 2.13. The number of likely N-dealkylation sites (tertiary alicyclic amines) is 1. The van der Waals surface area contributed by atoms with Crippen molar-refractivity contribution in [3.05, 3.63) is 63.6 Å². The molecule has 2 aromatic carbocycles. The van der Waals surface area contributed by atoms with Crippen molar-refractivity contribution in [3.63, 3.8) is 0 Å². The Hall–Kier alpha value is -1.85. The van der Waals surface area contributed by atoms with Gasteiger partial charge in [0.05, 0.1) is 4.47 Å². The molecule has 0 saturated carbocycles. The smallest absolute Gasteiger partial charge is 0.258 e. The number of ether oxygens (including phenoxy) is 1. The first-order valence-electron chi connectivity index (χ1n) is 10.1. The number of amides is 1. The van der Waals surface area contributed by atoms with E-state index in [1.165, 1.54) is 49.0 Å². The lowest BCUT2D eigenvalue weighted by Crippen LogP contribution is -2.31. The van der Waals surface area contributed by atoms with E-state index in [1.807, 2.05) is 24.3 Å². The van der Waals surface area contributed by atoms with Crippen molar-refractivity contribution in [2.75, 3.05) is 19.7 Å². The van der Waals surface area contributed by atoms with Crippen LogP contribution in [0.1, 0.15) is 42.9 Å². The van der Waals surface area contributed by atoms with E-state index in [-0.39, 0.29) is 12.5 Å². The van der Waals surface area contributed by atoms with Gasteiger partial charge in [0, 0.05) is 13.1 Å². The van der Waals surface area contributed by atoms with E-state index in [4.69, 9.17) is 4.74 Å². The molecule has 3 rings (SSSR count). The average Bonchev–Trinajstić information content (AvgIpc) is 2.73. The number of nitrogens with zero attached hydrogens (tertiary/aromatic N) is 1. The summed E-state index contributed by atoms with van der Waals surface area (Å²) in [4.78, 5) is 14.8. The lowest BCUT2D eigenvalue weighted by Gasteiger charge is -2.27. The molecule has 1 fully saturated rings. The number of nitrogens with one attached hydrogen (secondary N) is 1. The summed E-state index contributed by atoms with van der Waals surface area (Å²) in [7, 11) is 0. The summed E-state index contributed by atoms with van der Waals surface area (Å²) < 4.78 is 6.55. The van der Waals surface area contributed by atoms with Gasteiger partial charge in [-0.25, -0.2) is 0 Å². The minimum atomic E-state index is -0.112. The lowest BCUT2D eigenvalue weighted by molar-refractivity contribution is -0.123.